The molecule has 2 unspecified atom stereocenters. The van der Waals surface area contributed by atoms with E-state index in [0.29, 0.717) is 11.9 Å². The van der Waals surface area contributed by atoms with Crippen molar-refractivity contribution in [1.29, 1.82) is 0 Å². The number of piperidine rings is 1. The highest BCUT2D eigenvalue weighted by Crippen LogP contribution is 2.22. The number of likely N-dealkylation sites (tertiary alicyclic amines) is 1. The predicted octanol–water partition coefficient (Wildman–Crippen LogP) is 1.73. The molecule has 1 aliphatic heterocycles. The molecule has 0 bridgehead atoms. The van der Waals surface area contributed by atoms with E-state index >= 15 is 0 Å². The Hall–Kier alpha value is -0.580. The van der Waals surface area contributed by atoms with Gasteiger partial charge in [-0.3, -0.25) is 4.79 Å². The van der Waals surface area contributed by atoms with Crippen molar-refractivity contribution in [2.24, 2.45) is 5.92 Å². The first-order valence-electron chi connectivity index (χ1n) is 4.64. The number of ketones is 1. The molecule has 1 heterocycles. The first-order chi connectivity index (χ1) is 6.56. The summed E-state index contributed by atoms with van der Waals surface area (Å²) in [6.07, 6.45) is 0.648. The Bertz CT molecular complexity index is 244. The molecule has 4 nitrogen and oxygen atoms in total. The van der Waals surface area contributed by atoms with Crippen LogP contribution in [0.2, 0.25) is 0 Å². The normalized spacial score (nSPS) is 27.4. The van der Waals surface area contributed by atoms with Crippen LogP contribution < -0.4 is 0 Å². The van der Waals surface area contributed by atoms with Crippen molar-refractivity contribution >= 4 is 27.8 Å². The van der Waals surface area contributed by atoms with Gasteiger partial charge in [-0.05, 0) is 19.8 Å². The van der Waals surface area contributed by atoms with Crippen molar-refractivity contribution in [3.8, 4) is 0 Å². The van der Waals surface area contributed by atoms with Gasteiger partial charge in [-0.25, -0.2) is 4.79 Å². The Morgan fingerprint density at radius 3 is 2.64 bits per heavy atom. The maximum absolute atomic E-state index is 11.4. The molecule has 1 amide bonds. The summed E-state index contributed by atoms with van der Waals surface area (Å²) in [4.78, 5) is 23.6. The number of carbonyl (C=O) groups excluding carboxylic acids is 1. The summed E-state index contributed by atoms with van der Waals surface area (Å²) >= 11 is 3.11. The lowest BCUT2D eigenvalue weighted by Gasteiger charge is -2.35. The third kappa shape index (κ3) is 2.47. The minimum absolute atomic E-state index is 0.0341. The van der Waals surface area contributed by atoms with Crippen molar-refractivity contribution < 1.29 is 14.7 Å². The van der Waals surface area contributed by atoms with E-state index in [-0.39, 0.29) is 17.7 Å². The molecule has 2 atom stereocenters. The zero-order chi connectivity index (χ0) is 10.7. The Kier molecular flexibility index (Phi) is 3.92. The average Bonchev–Trinajstić information content (AvgIpc) is 2.17. The van der Waals surface area contributed by atoms with Crippen LogP contribution in [0.5, 0.6) is 0 Å². The maximum Gasteiger partial charge on any atom is 0.407 e. The lowest BCUT2D eigenvalue weighted by molar-refractivity contribution is -0.121. The molecule has 14 heavy (non-hydrogen) atoms. The van der Waals surface area contributed by atoms with E-state index in [4.69, 9.17) is 5.11 Å². The van der Waals surface area contributed by atoms with E-state index < -0.39 is 6.09 Å². The SMILES string of the molecule is CC1CCC(C(=O)CBr)CN1C(=O)O. The molecule has 0 spiro atoms. The minimum Gasteiger partial charge on any atom is -0.465 e. The monoisotopic (exact) mass is 263 g/mol. The molecule has 1 N–H and O–H groups in total. The van der Waals surface area contributed by atoms with Crippen LogP contribution in [-0.4, -0.2) is 39.8 Å². The predicted molar refractivity (Wildman–Crippen MR) is 55.7 cm³/mol. The summed E-state index contributed by atoms with van der Waals surface area (Å²) in [5.74, 6) is -0.0233. The molecule has 1 rings (SSSR count). The number of Topliss-reactive ketones (excluding diaryl/α,β-unsaturated/α-hetero) is 1. The van der Waals surface area contributed by atoms with Gasteiger partial charge in [0.1, 0.15) is 5.78 Å². The van der Waals surface area contributed by atoms with Crippen molar-refractivity contribution in [2.45, 2.75) is 25.8 Å². The van der Waals surface area contributed by atoms with Gasteiger partial charge in [0.15, 0.2) is 0 Å². The highest BCUT2D eigenvalue weighted by atomic mass is 79.9. The molecule has 0 aromatic rings. The molecular formula is C9H14BrNO3. The molecule has 0 aromatic carbocycles. The second-order valence-electron chi connectivity index (χ2n) is 3.66. The summed E-state index contributed by atoms with van der Waals surface area (Å²) in [5.41, 5.74) is 0. The molecular weight excluding hydrogens is 250 g/mol. The number of carboxylic acid groups (broad SMARTS) is 1. The fraction of sp³-hybridized carbons (Fsp3) is 0.778. The first-order valence-corrected chi connectivity index (χ1v) is 5.76. The molecule has 0 radical (unpaired) electrons. The summed E-state index contributed by atoms with van der Waals surface area (Å²) in [7, 11) is 0. The highest BCUT2D eigenvalue weighted by molar-refractivity contribution is 9.09. The van der Waals surface area contributed by atoms with Gasteiger partial charge < -0.3 is 10.0 Å². The van der Waals surface area contributed by atoms with Gasteiger partial charge in [0, 0.05) is 18.5 Å². The van der Waals surface area contributed by atoms with E-state index in [1.165, 1.54) is 4.90 Å². The maximum atomic E-state index is 11.4. The van der Waals surface area contributed by atoms with Crippen LogP contribution in [0.4, 0.5) is 4.79 Å². The number of rotatable bonds is 2. The topological polar surface area (TPSA) is 57.6 Å². The van der Waals surface area contributed by atoms with Gasteiger partial charge in [-0.15, -0.1) is 0 Å². The van der Waals surface area contributed by atoms with Crippen molar-refractivity contribution in [2.75, 3.05) is 11.9 Å². The smallest absolute Gasteiger partial charge is 0.407 e. The molecule has 1 fully saturated rings. The second-order valence-corrected chi connectivity index (χ2v) is 4.22. The van der Waals surface area contributed by atoms with Gasteiger partial charge in [0.25, 0.3) is 0 Å². The minimum atomic E-state index is -0.926. The standard InChI is InChI=1S/C9H14BrNO3/c1-6-2-3-7(8(12)4-10)5-11(6)9(13)14/h6-7H,2-5H2,1H3,(H,13,14). The number of hydrogen-bond acceptors (Lipinski definition) is 2. The molecule has 0 saturated carbocycles. The number of amides is 1. The second kappa shape index (κ2) is 4.77. The molecule has 5 heteroatoms. The Morgan fingerprint density at radius 2 is 2.14 bits per heavy atom. The van der Waals surface area contributed by atoms with Crippen LogP contribution >= 0.6 is 15.9 Å². The van der Waals surface area contributed by atoms with Gasteiger partial charge in [-0.2, -0.15) is 0 Å². The van der Waals surface area contributed by atoms with Crippen molar-refractivity contribution in [3.63, 3.8) is 0 Å². The van der Waals surface area contributed by atoms with Gasteiger partial charge >= 0.3 is 6.09 Å². The van der Waals surface area contributed by atoms with Gasteiger partial charge in [0.05, 0.1) is 5.33 Å². The molecule has 0 aliphatic carbocycles. The average molecular weight is 264 g/mol. The highest BCUT2D eigenvalue weighted by Gasteiger charge is 2.31. The third-order valence-corrected chi connectivity index (χ3v) is 3.27. The Labute approximate surface area is 91.4 Å². The Morgan fingerprint density at radius 1 is 1.50 bits per heavy atom. The van der Waals surface area contributed by atoms with Gasteiger partial charge in [0.2, 0.25) is 0 Å². The Balaban J connectivity index is 2.62. The summed E-state index contributed by atoms with van der Waals surface area (Å²) < 4.78 is 0. The van der Waals surface area contributed by atoms with E-state index in [0.717, 1.165) is 12.8 Å². The first kappa shape index (κ1) is 11.5. The number of alkyl halides is 1. The van der Waals surface area contributed by atoms with Crippen LogP contribution in [0.3, 0.4) is 0 Å². The largest absolute Gasteiger partial charge is 0.465 e. The van der Waals surface area contributed by atoms with Crippen LogP contribution in [0.1, 0.15) is 19.8 Å². The zero-order valence-electron chi connectivity index (χ0n) is 8.07. The van der Waals surface area contributed by atoms with E-state index in [1.54, 1.807) is 0 Å². The van der Waals surface area contributed by atoms with E-state index in [9.17, 15) is 9.59 Å². The number of carbonyl (C=O) groups is 2. The van der Waals surface area contributed by atoms with Gasteiger partial charge in [-0.1, -0.05) is 15.9 Å². The lowest BCUT2D eigenvalue weighted by atomic mass is 9.91. The van der Waals surface area contributed by atoms with Crippen molar-refractivity contribution in [3.05, 3.63) is 0 Å². The van der Waals surface area contributed by atoms with Crippen LogP contribution in [0, 0.1) is 5.92 Å². The zero-order valence-corrected chi connectivity index (χ0v) is 9.66. The van der Waals surface area contributed by atoms with E-state index in [2.05, 4.69) is 15.9 Å². The molecule has 0 aromatic heterocycles. The third-order valence-electron chi connectivity index (χ3n) is 2.71. The lowest BCUT2D eigenvalue weighted by Crippen LogP contribution is -2.46. The summed E-state index contributed by atoms with van der Waals surface area (Å²) in [5, 5.41) is 9.20. The quantitative estimate of drug-likeness (QED) is 0.773. The fourth-order valence-corrected chi connectivity index (χ4v) is 2.20. The molecule has 80 valence electrons. The number of hydrogen-bond donors (Lipinski definition) is 1. The van der Waals surface area contributed by atoms with Crippen LogP contribution in [-0.2, 0) is 4.79 Å². The van der Waals surface area contributed by atoms with Crippen molar-refractivity contribution in [1.82, 2.24) is 4.90 Å². The summed E-state index contributed by atoms with van der Waals surface area (Å²) in [6.45, 7) is 2.23. The summed E-state index contributed by atoms with van der Waals surface area (Å²) in [6, 6.07) is 0.0341. The number of halogens is 1. The van der Waals surface area contributed by atoms with E-state index in [1.807, 2.05) is 6.92 Å². The molecule has 1 aliphatic rings. The van der Waals surface area contributed by atoms with Crippen LogP contribution in [0.15, 0.2) is 0 Å². The molecule has 1 saturated heterocycles. The fourth-order valence-electron chi connectivity index (χ4n) is 1.75. The number of nitrogens with zero attached hydrogens (tertiary/aromatic N) is 1. The van der Waals surface area contributed by atoms with Crippen LogP contribution in [0.25, 0.3) is 0 Å².